The Balaban J connectivity index is 2.20. The predicted octanol–water partition coefficient (Wildman–Crippen LogP) is 2.71. The minimum absolute atomic E-state index is 0.238. The van der Waals surface area contributed by atoms with Gasteiger partial charge in [-0.2, -0.15) is 10.4 Å². The Morgan fingerprint density at radius 2 is 2.56 bits per heavy atom. The zero-order valence-corrected chi connectivity index (χ0v) is 11.2. The average Bonchev–Trinajstić information content (AvgIpc) is 2.99. The van der Waals surface area contributed by atoms with Crippen molar-refractivity contribution in [3.05, 3.63) is 28.0 Å². The largest absolute Gasteiger partial charge is 0.305 e. The number of anilines is 1. The number of rotatable bonds is 4. The molecule has 5 nitrogen and oxygen atoms in total. The van der Waals surface area contributed by atoms with Crippen molar-refractivity contribution in [3.8, 4) is 6.07 Å². The van der Waals surface area contributed by atoms with Crippen molar-refractivity contribution in [2.75, 3.05) is 11.1 Å². The van der Waals surface area contributed by atoms with Gasteiger partial charge in [0.1, 0.15) is 22.5 Å². The topological polar surface area (TPSA) is 81.6 Å². The van der Waals surface area contributed by atoms with Gasteiger partial charge in [-0.05, 0) is 17.2 Å². The monoisotopic (exact) mass is 278 g/mol. The third-order valence-electron chi connectivity index (χ3n) is 2.11. The summed E-state index contributed by atoms with van der Waals surface area (Å²) >= 11 is 2.80. The van der Waals surface area contributed by atoms with E-state index in [1.165, 1.54) is 23.1 Å². The summed E-state index contributed by atoms with van der Waals surface area (Å²) in [7, 11) is 0. The molecule has 2 aromatic rings. The van der Waals surface area contributed by atoms with Crippen molar-refractivity contribution in [2.24, 2.45) is 0 Å². The molecule has 92 valence electrons. The lowest BCUT2D eigenvalue weighted by Gasteiger charge is -2.00. The van der Waals surface area contributed by atoms with E-state index in [9.17, 15) is 4.79 Å². The smallest absolute Gasteiger partial charge is 0.266 e. The zero-order chi connectivity index (χ0) is 13.0. The number of amides is 1. The number of carbonyl (C=O) groups excluding carboxylic acids is 1. The predicted molar refractivity (Wildman–Crippen MR) is 72.0 cm³/mol. The van der Waals surface area contributed by atoms with Gasteiger partial charge in [0.15, 0.2) is 0 Å². The maximum absolute atomic E-state index is 11.8. The van der Waals surface area contributed by atoms with Crippen LogP contribution in [-0.4, -0.2) is 21.9 Å². The lowest BCUT2D eigenvalue weighted by atomic mass is 10.3. The second kappa shape index (κ2) is 5.71. The molecule has 0 atom stereocenters. The van der Waals surface area contributed by atoms with Crippen LogP contribution >= 0.6 is 23.1 Å². The van der Waals surface area contributed by atoms with Gasteiger partial charge < -0.3 is 5.32 Å². The molecule has 2 heterocycles. The van der Waals surface area contributed by atoms with E-state index in [4.69, 9.17) is 5.26 Å². The molecule has 0 fully saturated rings. The van der Waals surface area contributed by atoms with Crippen LogP contribution < -0.4 is 5.32 Å². The van der Waals surface area contributed by atoms with Crippen LogP contribution in [0.3, 0.4) is 0 Å². The highest BCUT2D eigenvalue weighted by Gasteiger charge is 2.16. The third-order valence-corrected chi connectivity index (χ3v) is 3.84. The van der Waals surface area contributed by atoms with E-state index in [2.05, 4.69) is 21.6 Å². The highest BCUT2D eigenvalue weighted by Crippen LogP contribution is 2.25. The Kier molecular flexibility index (Phi) is 4.02. The van der Waals surface area contributed by atoms with Crippen molar-refractivity contribution in [3.63, 3.8) is 0 Å². The van der Waals surface area contributed by atoms with Crippen molar-refractivity contribution in [1.29, 1.82) is 5.26 Å². The molecule has 0 aliphatic rings. The molecule has 1 amide bonds. The average molecular weight is 278 g/mol. The van der Waals surface area contributed by atoms with Crippen LogP contribution in [0.2, 0.25) is 0 Å². The first-order valence-electron chi connectivity index (χ1n) is 5.22. The summed E-state index contributed by atoms with van der Waals surface area (Å²) in [4.78, 5) is 12.4. The first-order valence-corrected chi connectivity index (χ1v) is 7.09. The summed E-state index contributed by atoms with van der Waals surface area (Å²) in [6, 6.07) is 5.58. The maximum Gasteiger partial charge on any atom is 0.266 e. The van der Waals surface area contributed by atoms with E-state index >= 15 is 0 Å². The van der Waals surface area contributed by atoms with Crippen LogP contribution in [0.25, 0.3) is 0 Å². The highest BCUT2D eigenvalue weighted by molar-refractivity contribution is 7.99. The summed E-state index contributed by atoms with van der Waals surface area (Å²) in [6.07, 6.45) is 0. The molecule has 0 saturated carbocycles. The molecular formula is C11H10N4OS2. The molecule has 0 aromatic carbocycles. The van der Waals surface area contributed by atoms with Gasteiger partial charge in [-0.1, -0.05) is 13.0 Å². The summed E-state index contributed by atoms with van der Waals surface area (Å²) in [5.41, 5.74) is 0.381. The first-order chi connectivity index (χ1) is 8.76. The van der Waals surface area contributed by atoms with Crippen molar-refractivity contribution in [1.82, 2.24) is 10.2 Å². The molecule has 2 rings (SSSR count). The van der Waals surface area contributed by atoms with E-state index in [1.54, 1.807) is 12.1 Å². The Morgan fingerprint density at radius 3 is 3.17 bits per heavy atom. The molecule has 0 bridgehead atoms. The molecular weight excluding hydrogens is 268 g/mol. The Labute approximate surface area is 112 Å². The number of nitriles is 1. The normalized spacial score (nSPS) is 10.0. The fourth-order valence-electron chi connectivity index (χ4n) is 1.34. The number of aromatic amines is 1. The summed E-state index contributed by atoms with van der Waals surface area (Å²) in [5, 5.41) is 20.9. The van der Waals surface area contributed by atoms with Crippen LogP contribution in [0, 0.1) is 11.3 Å². The lowest BCUT2D eigenvalue weighted by molar-refractivity contribution is 0.103. The SMILES string of the molecule is CCSc1n[nH]c(NC(=O)c2cccs2)c1C#N. The standard InChI is InChI=1S/C11H10N4OS2/c1-2-17-11-7(6-12)9(14-15-11)13-10(16)8-4-3-5-18-8/h3-5H,2H2,1H3,(H2,13,14,15,16). The number of carbonyl (C=O) groups is 1. The molecule has 0 unspecified atom stereocenters. The molecule has 2 aromatic heterocycles. The minimum atomic E-state index is -0.238. The van der Waals surface area contributed by atoms with Gasteiger partial charge in [-0.3, -0.25) is 9.89 Å². The minimum Gasteiger partial charge on any atom is -0.305 e. The highest BCUT2D eigenvalue weighted by atomic mass is 32.2. The van der Waals surface area contributed by atoms with E-state index < -0.39 is 0 Å². The van der Waals surface area contributed by atoms with Gasteiger partial charge in [0, 0.05) is 0 Å². The fraction of sp³-hybridized carbons (Fsp3) is 0.182. The zero-order valence-electron chi connectivity index (χ0n) is 9.56. The number of thioether (sulfide) groups is 1. The van der Waals surface area contributed by atoms with Gasteiger partial charge in [-0.15, -0.1) is 23.1 Å². The second-order valence-electron chi connectivity index (χ2n) is 3.26. The van der Waals surface area contributed by atoms with E-state index in [1.807, 2.05) is 12.3 Å². The maximum atomic E-state index is 11.8. The number of H-pyrrole nitrogens is 1. The Bertz CT molecular complexity index is 583. The molecule has 0 aliphatic carbocycles. The van der Waals surface area contributed by atoms with Crippen LogP contribution in [0.4, 0.5) is 5.82 Å². The Morgan fingerprint density at radius 1 is 1.72 bits per heavy atom. The van der Waals surface area contributed by atoms with Crippen molar-refractivity contribution < 1.29 is 4.79 Å². The van der Waals surface area contributed by atoms with Crippen molar-refractivity contribution >= 4 is 34.8 Å². The number of nitrogens with one attached hydrogen (secondary N) is 2. The van der Waals surface area contributed by atoms with Crippen LogP contribution in [0.1, 0.15) is 22.2 Å². The van der Waals surface area contributed by atoms with Gasteiger partial charge in [0.05, 0.1) is 4.88 Å². The summed E-state index contributed by atoms with van der Waals surface area (Å²) in [5.74, 6) is 0.933. The molecule has 2 N–H and O–H groups in total. The molecule has 0 radical (unpaired) electrons. The molecule has 18 heavy (non-hydrogen) atoms. The number of aromatic nitrogens is 2. The van der Waals surface area contributed by atoms with Crippen LogP contribution in [0.5, 0.6) is 0 Å². The van der Waals surface area contributed by atoms with E-state index in [0.29, 0.717) is 21.3 Å². The van der Waals surface area contributed by atoms with E-state index in [-0.39, 0.29) is 5.91 Å². The molecule has 0 spiro atoms. The molecule has 0 aliphatic heterocycles. The molecule has 0 saturated heterocycles. The van der Waals surface area contributed by atoms with Gasteiger partial charge in [0.2, 0.25) is 0 Å². The van der Waals surface area contributed by atoms with Crippen LogP contribution in [-0.2, 0) is 0 Å². The van der Waals surface area contributed by atoms with Gasteiger partial charge >= 0.3 is 0 Å². The third kappa shape index (κ3) is 2.55. The van der Waals surface area contributed by atoms with Gasteiger partial charge in [-0.25, -0.2) is 0 Å². The number of hydrogen-bond acceptors (Lipinski definition) is 5. The van der Waals surface area contributed by atoms with Crippen LogP contribution in [0.15, 0.2) is 22.5 Å². The molecule has 7 heteroatoms. The number of thiophene rings is 1. The number of hydrogen-bond donors (Lipinski definition) is 2. The quantitative estimate of drug-likeness (QED) is 0.842. The van der Waals surface area contributed by atoms with Crippen molar-refractivity contribution in [2.45, 2.75) is 11.9 Å². The Hall–Kier alpha value is -1.78. The summed E-state index contributed by atoms with van der Waals surface area (Å²) in [6.45, 7) is 1.98. The van der Waals surface area contributed by atoms with Gasteiger partial charge in [0.25, 0.3) is 5.91 Å². The lowest BCUT2D eigenvalue weighted by Crippen LogP contribution is -2.11. The summed E-state index contributed by atoms with van der Waals surface area (Å²) < 4.78 is 0. The second-order valence-corrected chi connectivity index (χ2v) is 5.46. The van der Waals surface area contributed by atoms with E-state index in [0.717, 1.165) is 5.75 Å². The fourth-order valence-corrected chi connectivity index (χ4v) is 2.64. The first kappa shape index (κ1) is 12.7. The number of nitrogens with zero attached hydrogens (tertiary/aromatic N) is 2.